The van der Waals surface area contributed by atoms with Gasteiger partial charge in [0.2, 0.25) is 30.1 Å². The number of aromatic nitrogens is 6. The molecule has 0 bridgehead atoms. The second-order valence-electron chi connectivity index (χ2n) is 32.6. The molecule has 662 valence electrons. The van der Waals surface area contributed by atoms with E-state index in [0.717, 1.165) is 78.9 Å². The summed E-state index contributed by atoms with van der Waals surface area (Å²) in [6.45, 7) is 14.5. The third-order valence-electron chi connectivity index (χ3n) is 24.6. The van der Waals surface area contributed by atoms with Gasteiger partial charge in [-0.05, 0) is 273 Å². The van der Waals surface area contributed by atoms with Crippen molar-refractivity contribution in [3.63, 3.8) is 0 Å². The molecule has 3 saturated heterocycles. The van der Waals surface area contributed by atoms with Crippen molar-refractivity contribution in [3.8, 4) is 0 Å². The molecule has 4 aliphatic rings. The van der Waals surface area contributed by atoms with Gasteiger partial charge in [-0.1, -0.05) is 53.1 Å². The number of nitrogens with zero attached hydrogens (tertiary/aromatic N) is 9. The van der Waals surface area contributed by atoms with Crippen LogP contribution in [0.4, 0.5) is 17.6 Å². The van der Waals surface area contributed by atoms with E-state index in [1.807, 2.05) is 66.7 Å². The van der Waals surface area contributed by atoms with Gasteiger partial charge in [-0.25, -0.2) is 52.8 Å². The molecular formula is C93H97ClF4N10O15S3. The number of hydrogen-bond donors (Lipinski definition) is 5. The van der Waals surface area contributed by atoms with Gasteiger partial charge in [-0.3, -0.25) is 24.0 Å². The Hall–Kier alpha value is -11.7. The van der Waals surface area contributed by atoms with Gasteiger partial charge in [0.25, 0.3) is 5.91 Å². The first-order valence-electron chi connectivity index (χ1n) is 41.2. The first-order chi connectivity index (χ1) is 59.4. The average molecular weight is 1800 g/mol. The monoisotopic (exact) mass is 1800 g/mol. The maximum atomic E-state index is 14.1. The summed E-state index contributed by atoms with van der Waals surface area (Å²) in [7, 11) is -10.8. The van der Waals surface area contributed by atoms with Crippen molar-refractivity contribution < 1.29 is 87.2 Å². The molecule has 0 spiro atoms. The largest absolute Gasteiger partial charge is 0.480 e. The number of sulfonamides is 3. The quantitative estimate of drug-likeness (QED) is 0.0443. The lowest BCUT2D eigenvalue weighted by Gasteiger charge is -2.36. The number of aliphatic carboxylic acids is 4. The van der Waals surface area contributed by atoms with Crippen LogP contribution in [-0.4, -0.2) is 162 Å². The zero-order valence-electron chi connectivity index (χ0n) is 70.3. The molecule has 126 heavy (non-hydrogen) atoms. The SMILES string of the molecule is Cc1c(C2CC(NC(=O)c3ccc4cccnc4n3)C2)c2cc(F)ccc2n1CC(=O)O.Cc1ccc(S(=O)(=O)N2CCC(c3c(C)n(CC(=O)O)c4ccc(F)cc34)CC2)cc1.Cc1ccc(S(=O)(=O)N2CCC(c3c(C)n(CC(=O)O)c4ccc(F)cc34)CC2)cc1.Cc1ccc(S(=O)(=O)N2CCCC(c3c(C)n(CC(=O)O)c4ccc(F)cc34)C2)cc1.Cl. The molecule has 4 fully saturated rings. The first-order valence-corrected chi connectivity index (χ1v) is 45.5. The molecule has 17 rings (SSSR count). The highest BCUT2D eigenvalue weighted by molar-refractivity contribution is 7.89. The molecule has 1 aliphatic carbocycles. The number of pyridine rings is 2. The molecule has 5 N–H and O–H groups in total. The molecule has 1 amide bonds. The number of piperidine rings is 3. The van der Waals surface area contributed by atoms with Crippen molar-refractivity contribution >= 4 is 127 Å². The van der Waals surface area contributed by atoms with E-state index in [-0.39, 0.29) is 113 Å². The number of amides is 1. The lowest BCUT2D eigenvalue weighted by atomic mass is 9.75. The van der Waals surface area contributed by atoms with Crippen LogP contribution in [0.1, 0.15) is 147 Å². The van der Waals surface area contributed by atoms with E-state index in [0.29, 0.717) is 127 Å². The minimum Gasteiger partial charge on any atom is -0.480 e. The predicted octanol–water partition coefficient (Wildman–Crippen LogP) is 16.4. The summed E-state index contributed by atoms with van der Waals surface area (Å²) in [5.74, 6) is -5.58. The Labute approximate surface area is 732 Å². The fourth-order valence-electron chi connectivity index (χ4n) is 18.4. The maximum absolute atomic E-state index is 14.1. The molecule has 0 radical (unpaired) electrons. The van der Waals surface area contributed by atoms with Crippen LogP contribution >= 0.6 is 12.4 Å². The number of halogens is 5. The number of carboxylic acid groups (broad SMARTS) is 4. The number of nitrogens with one attached hydrogen (secondary N) is 1. The molecule has 7 aromatic carbocycles. The zero-order chi connectivity index (χ0) is 89.4. The molecule has 6 aromatic heterocycles. The predicted molar refractivity (Wildman–Crippen MR) is 473 cm³/mol. The minimum absolute atomic E-state index is 0. The van der Waals surface area contributed by atoms with E-state index in [4.69, 9.17) is 0 Å². The highest BCUT2D eigenvalue weighted by Crippen LogP contribution is 2.46. The lowest BCUT2D eigenvalue weighted by molar-refractivity contribution is -0.138. The number of carboxylic acids is 4. The summed E-state index contributed by atoms with van der Waals surface area (Å²) < 4.78 is 146. The molecule has 9 heterocycles. The third kappa shape index (κ3) is 19.3. The number of carbonyl (C=O) groups excluding carboxylic acids is 1. The summed E-state index contributed by atoms with van der Waals surface area (Å²) in [4.78, 5) is 67.5. The first kappa shape index (κ1) is 92.0. The van der Waals surface area contributed by atoms with Crippen molar-refractivity contribution in [2.24, 2.45) is 0 Å². The Balaban J connectivity index is 0.000000144. The summed E-state index contributed by atoms with van der Waals surface area (Å²) in [6.07, 6.45) is 6.83. The van der Waals surface area contributed by atoms with Crippen molar-refractivity contribution in [3.05, 3.63) is 267 Å². The zero-order valence-corrected chi connectivity index (χ0v) is 73.6. The summed E-state index contributed by atoms with van der Waals surface area (Å²) >= 11 is 0. The van der Waals surface area contributed by atoms with Gasteiger partial charge >= 0.3 is 23.9 Å². The van der Waals surface area contributed by atoms with Crippen molar-refractivity contribution in [1.29, 1.82) is 0 Å². The van der Waals surface area contributed by atoms with E-state index in [2.05, 4.69) is 15.3 Å². The average Bonchev–Trinajstić information content (AvgIpc) is 1.61. The van der Waals surface area contributed by atoms with Gasteiger partial charge in [0.05, 0.1) is 14.7 Å². The molecule has 33 heteroatoms. The topological polar surface area (TPSA) is 336 Å². The third-order valence-corrected chi connectivity index (χ3v) is 30.3. The molecule has 3 aliphatic heterocycles. The fraction of sp³-hybridized carbons (Fsp3) is 0.323. The van der Waals surface area contributed by atoms with E-state index < -0.39 is 59.8 Å². The molecular weight excluding hydrogens is 1700 g/mol. The van der Waals surface area contributed by atoms with E-state index >= 15 is 0 Å². The van der Waals surface area contributed by atoms with Crippen LogP contribution in [0.5, 0.6) is 0 Å². The molecule has 1 unspecified atom stereocenters. The van der Waals surface area contributed by atoms with Gasteiger partial charge in [0.1, 0.15) is 55.1 Å². The number of aryl methyl sites for hydroxylation is 3. The molecule has 13 aromatic rings. The highest BCUT2D eigenvalue weighted by atomic mass is 35.5. The van der Waals surface area contributed by atoms with Crippen LogP contribution in [0.25, 0.3) is 54.6 Å². The van der Waals surface area contributed by atoms with Gasteiger partial charge < -0.3 is 44.0 Å². The second kappa shape index (κ2) is 37.9. The Morgan fingerprint density at radius 3 is 1.06 bits per heavy atom. The van der Waals surface area contributed by atoms with Gasteiger partial charge in [-0.15, -0.1) is 12.4 Å². The summed E-state index contributed by atoms with van der Waals surface area (Å²) in [5, 5.41) is 43.9. The minimum atomic E-state index is -3.65. The van der Waals surface area contributed by atoms with Crippen molar-refractivity contribution in [1.82, 2.24) is 46.5 Å². The molecule has 1 saturated carbocycles. The number of rotatable bonds is 20. The van der Waals surface area contributed by atoms with Crippen molar-refractivity contribution in [2.75, 3.05) is 39.3 Å². The van der Waals surface area contributed by atoms with Crippen LogP contribution < -0.4 is 5.32 Å². The Morgan fingerprint density at radius 1 is 0.397 bits per heavy atom. The standard InChI is InChI=1S/C24H21FN4O3.3C23H25FN2O4S.ClH/c1-13-22(18-11-16(25)5-7-20(18)29(13)12-21(30)31)15-9-17(10-15)27-24(32)19-6-4-14-3-2-8-26-23(14)28-19;2*1-15-3-6-19(7-4-15)31(29,30)25-11-9-17(10-12-25)23-16(2)26(14-22(27)28)21-8-5-18(24)13-20(21)23;1-15-5-8-19(9-6-15)31(29,30)25-11-3-4-17(13-25)23-16(2)26(14-22(27)28)21-10-7-18(24)12-20(21)23;/h2-8,11,15,17H,9-10,12H2,1H3,(H,27,32)(H,30,31);2*3-8,13,17H,9-12,14H2,1-2H3,(H,27,28);5-10,12,17H,3-4,11,13-14H2,1-2H3,(H,27,28);1H. The van der Waals surface area contributed by atoms with E-state index in [1.165, 1.54) is 61.4 Å². The van der Waals surface area contributed by atoms with Crippen LogP contribution in [0.3, 0.4) is 0 Å². The lowest BCUT2D eigenvalue weighted by Crippen LogP contribution is -2.43. The smallest absolute Gasteiger partial charge is 0.323 e. The van der Waals surface area contributed by atoms with Gasteiger partial charge in [-0.2, -0.15) is 12.9 Å². The normalized spacial score (nSPS) is 16.9. The van der Waals surface area contributed by atoms with Gasteiger partial charge in [0.15, 0.2) is 5.65 Å². The van der Waals surface area contributed by atoms with Gasteiger partial charge in [0, 0.05) is 129 Å². The number of benzene rings is 7. The number of fused-ring (bicyclic) bond motifs is 5. The summed E-state index contributed by atoms with van der Waals surface area (Å²) in [5.41, 5.74) is 13.3. The number of hydrogen-bond acceptors (Lipinski definition) is 13. The molecule has 25 nitrogen and oxygen atoms in total. The van der Waals surface area contributed by atoms with Crippen LogP contribution in [0, 0.1) is 71.7 Å². The Kier molecular flexibility index (Phi) is 27.7. The summed E-state index contributed by atoms with van der Waals surface area (Å²) in [6, 6.07) is 45.2. The van der Waals surface area contributed by atoms with Crippen molar-refractivity contribution in [2.45, 2.75) is 170 Å². The Morgan fingerprint density at radius 2 is 0.722 bits per heavy atom. The Bertz CT molecular complexity index is 6530. The van der Waals surface area contributed by atoms with Crippen LogP contribution in [-0.2, 0) is 75.4 Å². The maximum Gasteiger partial charge on any atom is 0.323 e. The van der Waals surface area contributed by atoms with Crippen LogP contribution in [0.15, 0.2) is 191 Å². The van der Waals surface area contributed by atoms with E-state index in [9.17, 15) is 87.2 Å². The van der Waals surface area contributed by atoms with Crippen LogP contribution in [0.2, 0.25) is 0 Å². The van der Waals surface area contributed by atoms with E-state index in [1.54, 1.807) is 128 Å². The molecule has 1 atom stereocenters. The fourth-order valence-corrected chi connectivity index (χ4v) is 22.9. The number of carbonyl (C=O) groups is 5. The second-order valence-corrected chi connectivity index (χ2v) is 38.5. The highest BCUT2D eigenvalue weighted by Gasteiger charge is 2.39.